The highest BCUT2D eigenvalue weighted by atomic mass is 16.1. The van der Waals surface area contributed by atoms with E-state index in [1.165, 1.54) is 38.9 Å². The lowest BCUT2D eigenvalue weighted by atomic mass is 9.92. The van der Waals surface area contributed by atoms with E-state index in [-0.39, 0.29) is 11.8 Å². The molecule has 1 aromatic heterocycles. The van der Waals surface area contributed by atoms with Gasteiger partial charge in [0.15, 0.2) is 0 Å². The molecule has 0 aliphatic carbocycles. The summed E-state index contributed by atoms with van der Waals surface area (Å²) >= 11 is 0. The molecule has 1 amide bonds. The summed E-state index contributed by atoms with van der Waals surface area (Å²) in [5.74, 6) is 1.18. The van der Waals surface area contributed by atoms with E-state index in [9.17, 15) is 4.79 Å². The van der Waals surface area contributed by atoms with E-state index < -0.39 is 0 Å². The molecule has 0 radical (unpaired) electrons. The van der Waals surface area contributed by atoms with Crippen LogP contribution in [-0.2, 0) is 11.3 Å². The van der Waals surface area contributed by atoms with Gasteiger partial charge in [-0.2, -0.15) is 0 Å². The van der Waals surface area contributed by atoms with Gasteiger partial charge in [0.25, 0.3) is 0 Å². The zero-order valence-corrected chi connectivity index (χ0v) is 17.1. The molecule has 0 spiro atoms. The predicted octanol–water partition coefficient (Wildman–Crippen LogP) is 2.92. The van der Waals surface area contributed by atoms with Crippen LogP contribution in [0.1, 0.15) is 51.5 Å². The summed E-state index contributed by atoms with van der Waals surface area (Å²) in [6.07, 6.45) is 9.45. The van der Waals surface area contributed by atoms with E-state index in [1.54, 1.807) is 6.20 Å². The standard InChI is InChI=1S/C22H36N4O/c1-18(2)5-11-25-12-8-21(9-13-25)26-14-6-20(7-15-26)22(27)24-17-19-4-3-10-23-16-19/h3-4,10,16,18,20-21H,5-9,11-15,17H2,1-2H3,(H,24,27). The van der Waals surface area contributed by atoms with Gasteiger partial charge in [0.1, 0.15) is 0 Å². The van der Waals surface area contributed by atoms with Crippen molar-refractivity contribution in [3.05, 3.63) is 30.1 Å². The van der Waals surface area contributed by atoms with Crippen LogP contribution >= 0.6 is 0 Å². The number of amides is 1. The van der Waals surface area contributed by atoms with Crippen molar-refractivity contribution in [3.63, 3.8) is 0 Å². The third-order valence-electron chi connectivity index (χ3n) is 6.19. The highest BCUT2D eigenvalue weighted by Gasteiger charge is 2.30. The lowest BCUT2D eigenvalue weighted by Gasteiger charge is -2.41. The van der Waals surface area contributed by atoms with Crippen molar-refractivity contribution in [2.45, 2.75) is 58.5 Å². The van der Waals surface area contributed by atoms with E-state index in [4.69, 9.17) is 0 Å². The lowest BCUT2D eigenvalue weighted by Crippen LogP contribution is -2.49. The average Bonchev–Trinajstić information content (AvgIpc) is 2.72. The first-order chi connectivity index (χ1) is 13.1. The molecule has 5 heteroatoms. The first-order valence-corrected chi connectivity index (χ1v) is 10.7. The molecule has 0 aromatic carbocycles. The fourth-order valence-electron chi connectivity index (χ4n) is 4.31. The molecule has 0 atom stereocenters. The van der Waals surface area contributed by atoms with Gasteiger partial charge in [-0.25, -0.2) is 0 Å². The minimum Gasteiger partial charge on any atom is -0.352 e. The van der Waals surface area contributed by atoms with Crippen molar-refractivity contribution >= 4 is 5.91 Å². The fourth-order valence-corrected chi connectivity index (χ4v) is 4.31. The molecule has 2 fully saturated rings. The zero-order valence-electron chi connectivity index (χ0n) is 17.1. The molecule has 2 aliphatic heterocycles. The molecule has 5 nitrogen and oxygen atoms in total. The summed E-state index contributed by atoms with van der Waals surface area (Å²) in [5.41, 5.74) is 1.06. The number of piperidine rings is 2. The third kappa shape index (κ3) is 6.28. The van der Waals surface area contributed by atoms with Crippen LogP contribution in [-0.4, -0.2) is 59.5 Å². The summed E-state index contributed by atoms with van der Waals surface area (Å²) in [6, 6.07) is 4.64. The Kier molecular flexibility index (Phi) is 7.65. The number of nitrogens with zero attached hydrogens (tertiary/aromatic N) is 3. The molecule has 2 saturated heterocycles. The van der Waals surface area contributed by atoms with Gasteiger partial charge in [-0.3, -0.25) is 9.78 Å². The van der Waals surface area contributed by atoms with E-state index in [2.05, 4.69) is 33.9 Å². The maximum absolute atomic E-state index is 12.5. The molecular weight excluding hydrogens is 336 g/mol. The Bertz CT molecular complexity index is 561. The van der Waals surface area contributed by atoms with E-state index in [1.807, 2.05) is 18.3 Å². The SMILES string of the molecule is CC(C)CCN1CCC(N2CCC(C(=O)NCc3cccnc3)CC2)CC1. The molecule has 0 unspecified atom stereocenters. The van der Waals surface area contributed by atoms with Crippen molar-refractivity contribution in [1.82, 2.24) is 20.1 Å². The van der Waals surface area contributed by atoms with Crippen molar-refractivity contribution in [1.29, 1.82) is 0 Å². The Labute approximate surface area is 164 Å². The quantitative estimate of drug-likeness (QED) is 0.799. The number of hydrogen-bond donors (Lipinski definition) is 1. The van der Waals surface area contributed by atoms with Crippen LogP contribution in [0.15, 0.2) is 24.5 Å². The van der Waals surface area contributed by atoms with Gasteiger partial charge in [0.2, 0.25) is 5.91 Å². The minimum absolute atomic E-state index is 0.170. The Balaban J connectivity index is 1.35. The van der Waals surface area contributed by atoms with Gasteiger partial charge >= 0.3 is 0 Å². The first kappa shape index (κ1) is 20.3. The van der Waals surface area contributed by atoms with Gasteiger partial charge in [-0.1, -0.05) is 19.9 Å². The second-order valence-corrected chi connectivity index (χ2v) is 8.64. The lowest BCUT2D eigenvalue weighted by molar-refractivity contribution is -0.126. The van der Waals surface area contributed by atoms with Crippen molar-refractivity contribution in [2.75, 3.05) is 32.7 Å². The molecule has 0 saturated carbocycles. The highest BCUT2D eigenvalue weighted by Crippen LogP contribution is 2.24. The minimum atomic E-state index is 0.170. The summed E-state index contributed by atoms with van der Waals surface area (Å²) in [7, 11) is 0. The molecule has 3 heterocycles. The second-order valence-electron chi connectivity index (χ2n) is 8.64. The Morgan fingerprint density at radius 3 is 2.56 bits per heavy atom. The van der Waals surface area contributed by atoms with Gasteiger partial charge in [-0.15, -0.1) is 0 Å². The number of hydrogen-bond acceptors (Lipinski definition) is 4. The van der Waals surface area contributed by atoms with Gasteiger partial charge in [-0.05, 0) is 82.4 Å². The van der Waals surface area contributed by atoms with Crippen LogP contribution in [0.2, 0.25) is 0 Å². The molecule has 2 aliphatic rings. The molecule has 150 valence electrons. The number of nitrogens with one attached hydrogen (secondary N) is 1. The van der Waals surface area contributed by atoms with Crippen LogP contribution in [0.25, 0.3) is 0 Å². The van der Waals surface area contributed by atoms with Gasteiger partial charge in [0, 0.05) is 30.9 Å². The van der Waals surface area contributed by atoms with Crippen molar-refractivity contribution < 1.29 is 4.79 Å². The smallest absolute Gasteiger partial charge is 0.223 e. The fraction of sp³-hybridized carbons (Fsp3) is 0.727. The van der Waals surface area contributed by atoms with Crippen LogP contribution in [0.5, 0.6) is 0 Å². The first-order valence-electron chi connectivity index (χ1n) is 10.7. The Morgan fingerprint density at radius 1 is 1.19 bits per heavy atom. The zero-order chi connectivity index (χ0) is 19.1. The maximum atomic E-state index is 12.5. The topological polar surface area (TPSA) is 48.5 Å². The maximum Gasteiger partial charge on any atom is 0.223 e. The Hall–Kier alpha value is -1.46. The third-order valence-corrected chi connectivity index (χ3v) is 6.19. The van der Waals surface area contributed by atoms with Crippen molar-refractivity contribution in [2.24, 2.45) is 11.8 Å². The molecular formula is C22H36N4O. The number of carbonyl (C=O) groups excluding carboxylic acids is 1. The largest absolute Gasteiger partial charge is 0.352 e. The van der Waals surface area contributed by atoms with Crippen molar-refractivity contribution in [3.8, 4) is 0 Å². The van der Waals surface area contributed by atoms with E-state index in [0.29, 0.717) is 6.54 Å². The molecule has 1 N–H and O–H groups in total. The molecule has 3 rings (SSSR count). The van der Waals surface area contributed by atoms with Crippen LogP contribution in [0.3, 0.4) is 0 Å². The van der Waals surface area contributed by atoms with Gasteiger partial charge < -0.3 is 15.1 Å². The summed E-state index contributed by atoms with van der Waals surface area (Å²) < 4.78 is 0. The molecule has 1 aromatic rings. The Morgan fingerprint density at radius 2 is 1.93 bits per heavy atom. The normalized spacial score (nSPS) is 20.9. The number of carbonyl (C=O) groups is 1. The van der Waals surface area contributed by atoms with Crippen LogP contribution < -0.4 is 5.32 Å². The van der Waals surface area contributed by atoms with E-state index in [0.717, 1.165) is 43.5 Å². The molecule has 27 heavy (non-hydrogen) atoms. The number of pyridine rings is 1. The summed E-state index contributed by atoms with van der Waals surface area (Å²) in [6.45, 7) is 11.1. The monoisotopic (exact) mass is 372 g/mol. The highest BCUT2D eigenvalue weighted by molar-refractivity contribution is 5.78. The van der Waals surface area contributed by atoms with Crippen LogP contribution in [0.4, 0.5) is 0 Å². The number of aromatic nitrogens is 1. The second kappa shape index (κ2) is 10.2. The number of likely N-dealkylation sites (tertiary alicyclic amines) is 2. The average molecular weight is 373 g/mol. The number of rotatable bonds is 7. The molecule has 0 bridgehead atoms. The predicted molar refractivity (Wildman–Crippen MR) is 109 cm³/mol. The summed E-state index contributed by atoms with van der Waals surface area (Å²) in [5, 5.41) is 3.09. The van der Waals surface area contributed by atoms with Crippen LogP contribution in [0, 0.1) is 11.8 Å². The van der Waals surface area contributed by atoms with E-state index >= 15 is 0 Å². The van der Waals surface area contributed by atoms with Gasteiger partial charge in [0.05, 0.1) is 0 Å². The summed E-state index contributed by atoms with van der Waals surface area (Å²) in [4.78, 5) is 21.8.